The molecule has 2 aromatic heterocycles. The second kappa shape index (κ2) is 4.76. The molecule has 1 unspecified atom stereocenters. The van der Waals surface area contributed by atoms with Crippen molar-refractivity contribution in [2.24, 2.45) is 0 Å². The summed E-state index contributed by atoms with van der Waals surface area (Å²) in [6, 6.07) is 4.33. The Kier molecular flexibility index (Phi) is 3.36. The van der Waals surface area contributed by atoms with Crippen LogP contribution in [-0.2, 0) is 0 Å². The zero-order valence-electron chi connectivity index (χ0n) is 9.18. The molecule has 4 nitrogen and oxygen atoms in total. The smallest absolute Gasteiger partial charge is 0.153 e. The number of rotatable bonds is 3. The molecule has 1 N–H and O–H groups in total. The van der Waals surface area contributed by atoms with Gasteiger partial charge in [-0.05, 0) is 41.5 Å². The van der Waals surface area contributed by atoms with Gasteiger partial charge in [0, 0.05) is 18.4 Å². The second-order valence-electron chi connectivity index (χ2n) is 3.56. The third kappa shape index (κ3) is 2.31. The molecule has 0 spiro atoms. The predicted molar refractivity (Wildman–Crippen MR) is 66.5 cm³/mol. The Morgan fingerprint density at radius 1 is 1.38 bits per heavy atom. The van der Waals surface area contributed by atoms with Gasteiger partial charge in [0.25, 0.3) is 0 Å². The number of halogens is 1. The summed E-state index contributed by atoms with van der Waals surface area (Å²) in [4.78, 5) is 4.37. The van der Waals surface area contributed by atoms with Crippen LogP contribution in [0, 0.1) is 0 Å². The third-order valence-corrected chi connectivity index (χ3v) is 2.90. The van der Waals surface area contributed by atoms with Crippen molar-refractivity contribution in [3.63, 3.8) is 0 Å². The molecule has 0 amide bonds. The Bertz CT molecular complexity index is 463. The summed E-state index contributed by atoms with van der Waals surface area (Å²) in [6.07, 6.45) is 5.49. The van der Waals surface area contributed by atoms with Crippen molar-refractivity contribution in [1.29, 1.82) is 0 Å². The second-order valence-corrected chi connectivity index (χ2v) is 4.48. The maximum atomic E-state index is 4.37. The molecule has 2 heterocycles. The molecule has 1 atom stereocenters. The van der Waals surface area contributed by atoms with E-state index in [1.54, 1.807) is 10.9 Å². The number of nitrogens with one attached hydrogen (secondary N) is 1. The van der Waals surface area contributed by atoms with Crippen LogP contribution in [0.4, 0.5) is 0 Å². The number of aromatic nitrogens is 3. The molecule has 0 fully saturated rings. The molecule has 16 heavy (non-hydrogen) atoms. The van der Waals surface area contributed by atoms with Crippen molar-refractivity contribution < 1.29 is 0 Å². The fourth-order valence-corrected chi connectivity index (χ4v) is 1.67. The lowest BCUT2D eigenvalue weighted by atomic mass is 10.1. The van der Waals surface area contributed by atoms with E-state index in [0.29, 0.717) is 6.04 Å². The summed E-state index contributed by atoms with van der Waals surface area (Å²) in [5.74, 6) is 0.817. The zero-order valence-corrected chi connectivity index (χ0v) is 10.8. The fourth-order valence-electron chi connectivity index (χ4n) is 1.38. The molecule has 84 valence electrons. The molecule has 5 heteroatoms. The van der Waals surface area contributed by atoms with Crippen LogP contribution < -0.4 is 5.32 Å². The van der Waals surface area contributed by atoms with Gasteiger partial charge >= 0.3 is 0 Å². The molecule has 0 aromatic carbocycles. The van der Waals surface area contributed by atoms with E-state index < -0.39 is 0 Å². The lowest BCUT2D eigenvalue weighted by Crippen LogP contribution is -2.12. The van der Waals surface area contributed by atoms with Crippen LogP contribution in [0.2, 0.25) is 0 Å². The molecule has 0 bridgehead atoms. The largest absolute Gasteiger partial charge is 0.313 e. The van der Waals surface area contributed by atoms with Crippen molar-refractivity contribution in [1.82, 2.24) is 20.1 Å². The maximum Gasteiger partial charge on any atom is 0.153 e. The highest BCUT2D eigenvalue weighted by Gasteiger charge is 2.04. The van der Waals surface area contributed by atoms with Gasteiger partial charge in [-0.25, -0.2) is 9.67 Å². The van der Waals surface area contributed by atoms with Gasteiger partial charge in [0.2, 0.25) is 0 Å². The Morgan fingerprint density at radius 2 is 2.19 bits per heavy atom. The van der Waals surface area contributed by atoms with Crippen molar-refractivity contribution in [3.05, 3.63) is 40.8 Å². The number of hydrogen-bond acceptors (Lipinski definition) is 3. The van der Waals surface area contributed by atoms with E-state index in [1.165, 1.54) is 0 Å². The van der Waals surface area contributed by atoms with Crippen LogP contribution in [0.25, 0.3) is 5.82 Å². The quantitative estimate of drug-likeness (QED) is 0.938. The van der Waals surface area contributed by atoms with Crippen LogP contribution >= 0.6 is 15.9 Å². The first-order valence-corrected chi connectivity index (χ1v) is 5.84. The molecule has 0 saturated carbocycles. The van der Waals surface area contributed by atoms with Crippen molar-refractivity contribution in [2.45, 2.75) is 13.0 Å². The lowest BCUT2D eigenvalue weighted by Gasteiger charge is -2.10. The van der Waals surface area contributed by atoms with Crippen LogP contribution in [0.3, 0.4) is 0 Å². The van der Waals surface area contributed by atoms with Crippen molar-refractivity contribution in [2.75, 3.05) is 7.05 Å². The number of nitrogens with zero attached hydrogens (tertiary/aromatic N) is 3. The standard InChI is InChI=1S/C11H13BrN4/c1-8(13-2)9-3-4-11(14-5-9)16-7-10(12)6-15-16/h3-8,13H,1-2H3. The summed E-state index contributed by atoms with van der Waals surface area (Å²) >= 11 is 3.36. The third-order valence-electron chi connectivity index (χ3n) is 2.49. The highest BCUT2D eigenvalue weighted by atomic mass is 79.9. The van der Waals surface area contributed by atoms with Crippen LogP contribution in [0.5, 0.6) is 0 Å². The number of hydrogen-bond donors (Lipinski definition) is 1. The first-order chi connectivity index (χ1) is 7.70. The number of pyridine rings is 1. The first kappa shape index (κ1) is 11.3. The molecule has 2 rings (SSSR count). The van der Waals surface area contributed by atoms with E-state index in [9.17, 15) is 0 Å². The fraction of sp³-hybridized carbons (Fsp3) is 0.273. The van der Waals surface area contributed by atoms with E-state index in [1.807, 2.05) is 25.5 Å². The van der Waals surface area contributed by atoms with E-state index >= 15 is 0 Å². The molecule has 0 aliphatic rings. The van der Waals surface area contributed by atoms with Gasteiger partial charge in [-0.15, -0.1) is 0 Å². The van der Waals surface area contributed by atoms with Gasteiger partial charge in [0.15, 0.2) is 5.82 Å². The topological polar surface area (TPSA) is 42.7 Å². The Balaban J connectivity index is 2.25. The van der Waals surface area contributed by atoms with Gasteiger partial charge in [-0.2, -0.15) is 5.10 Å². The highest BCUT2D eigenvalue weighted by molar-refractivity contribution is 9.10. The summed E-state index contributed by atoms with van der Waals surface area (Å²) in [5.41, 5.74) is 1.16. The van der Waals surface area contributed by atoms with E-state index in [-0.39, 0.29) is 0 Å². The van der Waals surface area contributed by atoms with E-state index in [2.05, 4.69) is 44.3 Å². The summed E-state index contributed by atoms with van der Waals surface area (Å²) in [5, 5.41) is 7.35. The minimum atomic E-state index is 0.311. The molecular formula is C11H13BrN4. The average Bonchev–Trinajstić information content (AvgIpc) is 2.75. The minimum absolute atomic E-state index is 0.311. The lowest BCUT2D eigenvalue weighted by molar-refractivity contribution is 0.648. The molecule has 0 saturated heterocycles. The van der Waals surface area contributed by atoms with E-state index in [0.717, 1.165) is 15.9 Å². The van der Waals surface area contributed by atoms with Crippen LogP contribution in [0.1, 0.15) is 18.5 Å². The molecule has 0 radical (unpaired) electrons. The SMILES string of the molecule is CNC(C)c1ccc(-n2cc(Br)cn2)nc1. The Hall–Kier alpha value is -1.20. The minimum Gasteiger partial charge on any atom is -0.313 e. The molecule has 2 aromatic rings. The van der Waals surface area contributed by atoms with Crippen molar-refractivity contribution in [3.8, 4) is 5.82 Å². The van der Waals surface area contributed by atoms with Gasteiger partial charge < -0.3 is 5.32 Å². The van der Waals surface area contributed by atoms with E-state index in [4.69, 9.17) is 0 Å². The zero-order chi connectivity index (χ0) is 11.5. The maximum absolute atomic E-state index is 4.37. The van der Waals surface area contributed by atoms with Gasteiger partial charge in [-0.1, -0.05) is 6.07 Å². The first-order valence-electron chi connectivity index (χ1n) is 5.04. The van der Waals surface area contributed by atoms with Gasteiger partial charge in [-0.3, -0.25) is 0 Å². The summed E-state index contributed by atoms with van der Waals surface area (Å²) in [7, 11) is 1.93. The van der Waals surface area contributed by atoms with Gasteiger partial charge in [0.05, 0.1) is 10.7 Å². The molecular weight excluding hydrogens is 268 g/mol. The monoisotopic (exact) mass is 280 g/mol. The Morgan fingerprint density at radius 3 is 2.69 bits per heavy atom. The van der Waals surface area contributed by atoms with Crippen LogP contribution in [-0.4, -0.2) is 21.8 Å². The molecule has 0 aliphatic carbocycles. The highest BCUT2D eigenvalue weighted by Crippen LogP contribution is 2.14. The predicted octanol–water partition coefficient (Wildman–Crippen LogP) is 2.31. The van der Waals surface area contributed by atoms with Gasteiger partial charge in [0.1, 0.15) is 0 Å². The molecule has 0 aliphatic heterocycles. The van der Waals surface area contributed by atoms with Crippen LogP contribution in [0.15, 0.2) is 35.2 Å². The van der Waals surface area contributed by atoms with Crippen molar-refractivity contribution >= 4 is 15.9 Å². The normalized spacial score (nSPS) is 12.7. The Labute approximate surface area is 103 Å². The average molecular weight is 281 g/mol. The summed E-state index contributed by atoms with van der Waals surface area (Å²) in [6.45, 7) is 2.10. The summed E-state index contributed by atoms with van der Waals surface area (Å²) < 4.78 is 2.68.